The highest BCUT2D eigenvalue weighted by Gasteiger charge is 2.15. The maximum Gasteiger partial charge on any atom is 0.338 e. The fourth-order valence-corrected chi connectivity index (χ4v) is 5.47. The molecule has 0 spiro atoms. The third kappa shape index (κ3) is 24.7. The zero-order chi connectivity index (χ0) is 30.2. The normalized spacial score (nSPS) is 11.8. The van der Waals surface area contributed by atoms with Crippen molar-refractivity contribution < 1.29 is 9.53 Å². The molecular formula is C39H67NO2. The van der Waals surface area contributed by atoms with Crippen LogP contribution in [0.4, 0.5) is 0 Å². The van der Waals surface area contributed by atoms with Gasteiger partial charge in [-0.25, -0.2) is 4.79 Å². The van der Waals surface area contributed by atoms with Gasteiger partial charge in [-0.1, -0.05) is 141 Å². The molecule has 0 aromatic carbocycles. The van der Waals surface area contributed by atoms with Crippen molar-refractivity contribution in [2.45, 2.75) is 187 Å². The van der Waals surface area contributed by atoms with Gasteiger partial charge in [0.2, 0.25) is 0 Å². The number of hydrogen-bond acceptors (Lipinski definition) is 3. The molecule has 0 saturated carbocycles. The van der Waals surface area contributed by atoms with E-state index in [1.807, 2.05) is 0 Å². The second-order valence-corrected chi connectivity index (χ2v) is 12.3. The van der Waals surface area contributed by atoms with Crippen LogP contribution in [0.25, 0.3) is 0 Å². The lowest BCUT2D eigenvalue weighted by molar-refractivity contribution is 0.0248. The molecule has 1 heterocycles. The van der Waals surface area contributed by atoms with E-state index in [9.17, 15) is 4.79 Å². The van der Waals surface area contributed by atoms with E-state index in [2.05, 4.69) is 43.1 Å². The summed E-state index contributed by atoms with van der Waals surface area (Å²) in [7, 11) is 0. The van der Waals surface area contributed by atoms with E-state index in [4.69, 9.17) is 4.74 Å². The van der Waals surface area contributed by atoms with E-state index in [1.165, 1.54) is 141 Å². The first-order valence-electron chi connectivity index (χ1n) is 18.2. The van der Waals surface area contributed by atoms with Crippen molar-refractivity contribution in [2.24, 2.45) is 0 Å². The molecule has 0 aliphatic rings. The van der Waals surface area contributed by atoms with Crippen molar-refractivity contribution in [1.29, 1.82) is 0 Å². The van der Waals surface area contributed by atoms with E-state index < -0.39 is 0 Å². The van der Waals surface area contributed by atoms with E-state index in [0.29, 0.717) is 5.56 Å². The highest BCUT2D eigenvalue weighted by atomic mass is 16.5. The molecule has 0 atom stereocenters. The maximum atomic E-state index is 12.7. The second kappa shape index (κ2) is 30.6. The molecule has 1 rings (SSSR count). The standard InChI is InChI=1S/C39H67NO2/c1-3-5-7-9-11-13-15-17-19-21-23-25-27-29-31-38(42-39(41)37-33-35-40-36-34-37)32-30-28-26-24-22-20-18-16-14-12-10-8-6-4-2/h9-12,33-36,38H,3-8,13-32H2,1-2H3/b11-9-,12-10-. The quantitative estimate of drug-likeness (QED) is 0.0515. The summed E-state index contributed by atoms with van der Waals surface area (Å²) in [5, 5.41) is 0. The number of nitrogens with zero attached hydrogens (tertiary/aromatic N) is 1. The van der Waals surface area contributed by atoms with Crippen LogP contribution in [0, 0.1) is 0 Å². The number of aromatic nitrogens is 1. The SMILES string of the molecule is CCCC/C=C\CCCCCCCCCCC(CCCCCCCCCC/C=C\CCCC)OC(=O)c1ccncc1. The predicted molar refractivity (Wildman–Crippen MR) is 183 cm³/mol. The van der Waals surface area contributed by atoms with Gasteiger partial charge < -0.3 is 4.74 Å². The number of carbonyl (C=O) groups is 1. The Bertz CT molecular complexity index is 719. The van der Waals surface area contributed by atoms with Gasteiger partial charge in [0.1, 0.15) is 6.10 Å². The molecule has 0 radical (unpaired) electrons. The lowest BCUT2D eigenvalue weighted by Crippen LogP contribution is -2.18. The molecule has 1 aromatic heterocycles. The van der Waals surface area contributed by atoms with Gasteiger partial charge in [0, 0.05) is 12.4 Å². The summed E-state index contributed by atoms with van der Waals surface area (Å²) in [6.45, 7) is 4.51. The summed E-state index contributed by atoms with van der Waals surface area (Å²) in [5.74, 6) is -0.192. The van der Waals surface area contributed by atoms with Crippen molar-refractivity contribution >= 4 is 5.97 Å². The van der Waals surface area contributed by atoms with E-state index in [0.717, 1.165) is 25.7 Å². The Kier molecular flexibility index (Phi) is 27.7. The van der Waals surface area contributed by atoms with Crippen molar-refractivity contribution in [1.82, 2.24) is 4.98 Å². The topological polar surface area (TPSA) is 39.2 Å². The number of ether oxygens (including phenoxy) is 1. The number of rotatable bonds is 30. The predicted octanol–water partition coefficient (Wildman–Crippen LogP) is 12.9. The van der Waals surface area contributed by atoms with E-state index >= 15 is 0 Å². The zero-order valence-electron chi connectivity index (χ0n) is 27.8. The third-order valence-corrected chi connectivity index (χ3v) is 8.27. The molecule has 0 saturated heterocycles. The molecule has 0 bridgehead atoms. The minimum absolute atomic E-state index is 0.0430. The molecule has 0 unspecified atom stereocenters. The van der Waals surface area contributed by atoms with Crippen LogP contribution in [0.5, 0.6) is 0 Å². The monoisotopic (exact) mass is 582 g/mol. The minimum Gasteiger partial charge on any atom is -0.459 e. The first kappa shape index (κ1) is 38.1. The molecule has 3 nitrogen and oxygen atoms in total. The Labute approximate surface area is 261 Å². The van der Waals surface area contributed by atoms with Crippen LogP contribution in [0.3, 0.4) is 0 Å². The van der Waals surface area contributed by atoms with Gasteiger partial charge in [-0.05, 0) is 76.3 Å². The smallest absolute Gasteiger partial charge is 0.338 e. The summed E-state index contributed by atoms with van der Waals surface area (Å²) in [5.41, 5.74) is 0.614. The lowest BCUT2D eigenvalue weighted by Gasteiger charge is -2.18. The highest BCUT2D eigenvalue weighted by Crippen LogP contribution is 2.19. The Balaban J connectivity index is 2.14. The van der Waals surface area contributed by atoms with Crippen LogP contribution in [0.2, 0.25) is 0 Å². The average molecular weight is 582 g/mol. The van der Waals surface area contributed by atoms with Crippen LogP contribution < -0.4 is 0 Å². The average Bonchev–Trinajstić information content (AvgIpc) is 3.01. The molecular weight excluding hydrogens is 514 g/mol. The minimum atomic E-state index is -0.192. The molecule has 240 valence electrons. The molecule has 0 aliphatic carbocycles. The van der Waals surface area contributed by atoms with Gasteiger partial charge in [0.15, 0.2) is 0 Å². The second-order valence-electron chi connectivity index (χ2n) is 12.3. The summed E-state index contributed by atoms with van der Waals surface area (Å²) in [6, 6.07) is 3.51. The van der Waals surface area contributed by atoms with Gasteiger partial charge in [-0.2, -0.15) is 0 Å². The fraction of sp³-hybridized carbons (Fsp3) is 0.744. The van der Waals surface area contributed by atoms with E-state index in [1.54, 1.807) is 24.5 Å². The summed E-state index contributed by atoms with van der Waals surface area (Å²) < 4.78 is 5.99. The Morgan fingerprint density at radius 1 is 0.571 bits per heavy atom. The zero-order valence-corrected chi connectivity index (χ0v) is 27.8. The number of esters is 1. The number of hydrogen-bond donors (Lipinski definition) is 0. The molecule has 0 amide bonds. The number of unbranched alkanes of at least 4 members (excludes halogenated alkanes) is 20. The Hall–Kier alpha value is -1.90. The van der Waals surface area contributed by atoms with Crippen molar-refractivity contribution in [2.75, 3.05) is 0 Å². The summed E-state index contributed by atoms with van der Waals surface area (Å²) in [6.07, 6.45) is 46.0. The van der Waals surface area contributed by atoms with Gasteiger partial charge in [0.05, 0.1) is 5.56 Å². The van der Waals surface area contributed by atoms with Crippen LogP contribution in [0.15, 0.2) is 48.8 Å². The van der Waals surface area contributed by atoms with Gasteiger partial charge in [0.25, 0.3) is 0 Å². The van der Waals surface area contributed by atoms with Gasteiger partial charge >= 0.3 is 5.97 Å². The van der Waals surface area contributed by atoms with Crippen molar-refractivity contribution in [3.63, 3.8) is 0 Å². The van der Waals surface area contributed by atoms with Crippen LogP contribution >= 0.6 is 0 Å². The molecule has 0 N–H and O–H groups in total. The van der Waals surface area contributed by atoms with Crippen molar-refractivity contribution in [3.05, 3.63) is 54.4 Å². The first-order valence-corrected chi connectivity index (χ1v) is 18.2. The number of carbonyl (C=O) groups excluding carboxylic acids is 1. The largest absolute Gasteiger partial charge is 0.459 e. The van der Waals surface area contributed by atoms with Gasteiger partial charge in [-0.15, -0.1) is 0 Å². The summed E-state index contributed by atoms with van der Waals surface area (Å²) in [4.78, 5) is 16.7. The molecule has 0 aliphatic heterocycles. The third-order valence-electron chi connectivity index (χ3n) is 8.27. The summed E-state index contributed by atoms with van der Waals surface area (Å²) >= 11 is 0. The molecule has 42 heavy (non-hydrogen) atoms. The van der Waals surface area contributed by atoms with Gasteiger partial charge in [-0.3, -0.25) is 4.98 Å². The van der Waals surface area contributed by atoms with Crippen LogP contribution in [-0.4, -0.2) is 17.1 Å². The van der Waals surface area contributed by atoms with Crippen molar-refractivity contribution in [3.8, 4) is 0 Å². The first-order chi connectivity index (χ1) is 20.8. The highest BCUT2D eigenvalue weighted by molar-refractivity contribution is 5.89. The fourth-order valence-electron chi connectivity index (χ4n) is 5.47. The lowest BCUT2D eigenvalue weighted by atomic mass is 10.0. The van der Waals surface area contributed by atoms with Crippen LogP contribution in [0.1, 0.15) is 191 Å². The maximum absolute atomic E-state index is 12.7. The number of allylic oxidation sites excluding steroid dienone is 4. The Morgan fingerprint density at radius 3 is 1.33 bits per heavy atom. The molecule has 0 fully saturated rings. The Morgan fingerprint density at radius 2 is 0.929 bits per heavy atom. The van der Waals surface area contributed by atoms with Crippen LogP contribution in [-0.2, 0) is 4.74 Å². The molecule has 3 heteroatoms. The number of pyridine rings is 1. The molecule has 1 aromatic rings. The van der Waals surface area contributed by atoms with E-state index in [-0.39, 0.29) is 12.1 Å².